The molecular weight excluding hydrogens is 132 g/mol. The van der Waals surface area contributed by atoms with Gasteiger partial charge in [-0.25, -0.2) is 0 Å². The minimum absolute atomic E-state index is 0.319. The first-order chi connectivity index (χ1) is 3.97. The average Bonchev–Trinajstić information content (AvgIpc) is 1.67. The lowest BCUT2D eigenvalue weighted by Crippen LogP contribution is -2.18. The zero-order chi connectivity index (χ0) is 7.91. The van der Waals surface area contributed by atoms with Crippen molar-refractivity contribution in [3.8, 4) is 5.40 Å². The zero-order valence-corrected chi connectivity index (χ0v) is 7.07. The normalized spacial score (nSPS) is 8.89. The van der Waals surface area contributed by atoms with E-state index in [1.54, 1.807) is 0 Å². The van der Waals surface area contributed by atoms with Crippen molar-refractivity contribution in [2.45, 2.75) is 20.8 Å². The van der Waals surface area contributed by atoms with Gasteiger partial charge in [0, 0.05) is 0 Å². The van der Waals surface area contributed by atoms with Gasteiger partial charge in [0.15, 0.2) is 0 Å². The van der Waals surface area contributed by atoms with E-state index in [2.05, 4.69) is 33.4 Å². The van der Waals surface area contributed by atoms with E-state index >= 15 is 0 Å². The number of rotatable bonds is 0. The molecule has 0 spiro atoms. The van der Waals surface area contributed by atoms with E-state index < -0.39 is 0 Å². The Morgan fingerprint density at radius 1 is 1.56 bits per heavy atom. The highest BCUT2D eigenvalue weighted by molar-refractivity contribution is 7.85. The molecule has 0 fully saturated rings. The van der Waals surface area contributed by atoms with Crippen molar-refractivity contribution in [3.63, 3.8) is 0 Å². The Morgan fingerprint density at radius 2 is 1.67 bits per heavy atom. The molecule has 54 valence electrons. The number of nitrogens with two attached hydrogens (primary N) is 1. The SMILES string of the molecule is CC(C)(C)CN.N#CS. The predicted octanol–water partition coefficient (Wildman–Crippen LogP) is 1.39. The molecule has 0 aliphatic heterocycles. The summed E-state index contributed by atoms with van der Waals surface area (Å²) in [6.07, 6.45) is 0. The Kier molecular flexibility index (Phi) is 7.63. The second-order valence-electron chi connectivity index (χ2n) is 2.86. The molecule has 0 aromatic heterocycles. The number of nitriles is 1. The molecule has 0 saturated heterocycles. The lowest BCUT2D eigenvalue weighted by molar-refractivity contribution is 0.428. The molecule has 0 amide bonds. The minimum Gasteiger partial charge on any atom is -0.330 e. The van der Waals surface area contributed by atoms with Gasteiger partial charge in [0.2, 0.25) is 0 Å². The minimum atomic E-state index is 0.319. The summed E-state index contributed by atoms with van der Waals surface area (Å²) in [5, 5.41) is 8.63. The Labute approximate surface area is 62.5 Å². The fourth-order valence-electron chi connectivity index (χ4n) is 0. The Bertz CT molecular complexity index is 88.2. The van der Waals surface area contributed by atoms with Crippen molar-refractivity contribution in [1.29, 1.82) is 5.26 Å². The quantitative estimate of drug-likeness (QED) is 0.401. The summed E-state index contributed by atoms with van der Waals surface area (Å²) in [5.41, 5.74) is 5.62. The molecule has 9 heavy (non-hydrogen) atoms. The third-order valence-corrected chi connectivity index (χ3v) is 0.612. The van der Waals surface area contributed by atoms with Crippen LogP contribution in [0.1, 0.15) is 20.8 Å². The van der Waals surface area contributed by atoms with E-state index in [4.69, 9.17) is 11.0 Å². The first-order valence-corrected chi connectivity index (χ1v) is 3.16. The van der Waals surface area contributed by atoms with Gasteiger partial charge in [-0.15, -0.1) is 0 Å². The third kappa shape index (κ3) is 33.5. The summed E-state index contributed by atoms with van der Waals surface area (Å²) in [5.74, 6) is 0. The van der Waals surface area contributed by atoms with Crippen molar-refractivity contribution < 1.29 is 0 Å². The topological polar surface area (TPSA) is 49.8 Å². The molecule has 0 heterocycles. The smallest absolute Gasteiger partial charge is 0.130 e. The third-order valence-electron chi connectivity index (χ3n) is 0.612. The maximum atomic E-state index is 7.18. The van der Waals surface area contributed by atoms with Crippen molar-refractivity contribution in [2.75, 3.05) is 6.54 Å². The van der Waals surface area contributed by atoms with Gasteiger partial charge in [-0.05, 0) is 12.0 Å². The Hall–Kier alpha value is -0.200. The lowest BCUT2D eigenvalue weighted by Gasteiger charge is -2.12. The highest BCUT2D eigenvalue weighted by Gasteiger charge is 2.03. The molecular formula is C6H14N2S. The highest BCUT2D eigenvalue weighted by atomic mass is 32.1. The fourth-order valence-corrected chi connectivity index (χ4v) is 0. The van der Waals surface area contributed by atoms with Crippen molar-refractivity contribution >= 4 is 12.6 Å². The largest absolute Gasteiger partial charge is 0.330 e. The molecule has 2 nitrogen and oxygen atoms in total. The van der Waals surface area contributed by atoms with E-state index in [1.807, 2.05) is 0 Å². The predicted molar refractivity (Wildman–Crippen MR) is 43.1 cm³/mol. The Morgan fingerprint density at radius 3 is 1.67 bits per heavy atom. The maximum absolute atomic E-state index is 7.18. The van der Waals surface area contributed by atoms with E-state index in [1.165, 1.54) is 5.40 Å². The number of thiol groups is 1. The molecule has 3 heteroatoms. The fraction of sp³-hybridized carbons (Fsp3) is 0.833. The molecule has 0 atom stereocenters. The van der Waals surface area contributed by atoms with E-state index in [-0.39, 0.29) is 0 Å². The molecule has 0 aliphatic carbocycles. The van der Waals surface area contributed by atoms with Crippen LogP contribution in [0.4, 0.5) is 0 Å². The van der Waals surface area contributed by atoms with E-state index in [0.29, 0.717) is 5.41 Å². The van der Waals surface area contributed by atoms with Crippen molar-refractivity contribution in [1.82, 2.24) is 0 Å². The van der Waals surface area contributed by atoms with Crippen LogP contribution in [0.25, 0.3) is 0 Å². The van der Waals surface area contributed by atoms with Gasteiger partial charge < -0.3 is 5.73 Å². The molecule has 2 N–H and O–H groups in total. The monoisotopic (exact) mass is 146 g/mol. The molecule has 0 aromatic rings. The van der Waals surface area contributed by atoms with Gasteiger partial charge in [-0.2, -0.15) is 5.26 Å². The Balaban J connectivity index is 0. The van der Waals surface area contributed by atoms with Gasteiger partial charge in [0.1, 0.15) is 5.40 Å². The summed E-state index contributed by atoms with van der Waals surface area (Å²) >= 11 is 3.09. The van der Waals surface area contributed by atoms with Gasteiger partial charge in [0.05, 0.1) is 0 Å². The van der Waals surface area contributed by atoms with Crippen LogP contribution in [-0.2, 0) is 0 Å². The molecule has 0 unspecified atom stereocenters. The van der Waals surface area contributed by atoms with Gasteiger partial charge in [-0.1, -0.05) is 33.4 Å². The van der Waals surface area contributed by atoms with Crippen molar-refractivity contribution in [3.05, 3.63) is 0 Å². The van der Waals surface area contributed by atoms with Gasteiger partial charge in [-0.3, -0.25) is 0 Å². The standard InChI is InChI=1S/C5H13N.CHNS/c1-5(2,3)4-6;2-1-3/h4,6H2,1-3H3;3H. The van der Waals surface area contributed by atoms with Crippen LogP contribution >= 0.6 is 12.6 Å². The van der Waals surface area contributed by atoms with Crippen LogP contribution in [0.15, 0.2) is 0 Å². The molecule has 0 radical (unpaired) electrons. The van der Waals surface area contributed by atoms with Crippen LogP contribution < -0.4 is 5.73 Å². The van der Waals surface area contributed by atoms with Crippen LogP contribution in [0, 0.1) is 16.1 Å². The van der Waals surface area contributed by atoms with Crippen molar-refractivity contribution in [2.24, 2.45) is 11.1 Å². The van der Waals surface area contributed by atoms with Gasteiger partial charge >= 0.3 is 0 Å². The maximum Gasteiger partial charge on any atom is 0.130 e. The molecule has 0 saturated carbocycles. The molecule has 0 rings (SSSR count). The van der Waals surface area contributed by atoms with Crippen LogP contribution in [0.5, 0.6) is 0 Å². The van der Waals surface area contributed by atoms with E-state index in [9.17, 15) is 0 Å². The number of hydrogen-bond donors (Lipinski definition) is 2. The average molecular weight is 146 g/mol. The zero-order valence-electron chi connectivity index (χ0n) is 6.18. The first-order valence-electron chi connectivity index (χ1n) is 2.71. The lowest BCUT2D eigenvalue weighted by atomic mass is 9.98. The molecule has 0 aromatic carbocycles. The molecule has 0 bridgehead atoms. The summed E-state index contributed by atoms with van der Waals surface area (Å²) in [7, 11) is 0. The summed E-state index contributed by atoms with van der Waals surface area (Å²) < 4.78 is 0. The second-order valence-corrected chi connectivity index (χ2v) is 3.06. The summed E-state index contributed by atoms with van der Waals surface area (Å²) in [6.45, 7) is 7.12. The first kappa shape index (κ1) is 11.6. The second kappa shape index (κ2) is 5.93. The molecule has 0 aliphatic rings. The highest BCUT2D eigenvalue weighted by Crippen LogP contribution is 2.07. The van der Waals surface area contributed by atoms with Crippen LogP contribution in [0.2, 0.25) is 0 Å². The summed E-state index contributed by atoms with van der Waals surface area (Å²) in [4.78, 5) is 0. The number of nitrogens with zero attached hydrogens (tertiary/aromatic N) is 1. The number of hydrogen-bond acceptors (Lipinski definition) is 3. The van der Waals surface area contributed by atoms with E-state index in [0.717, 1.165) is 6.54 Å². The van der Waals surface area contributed by atoms with Crippen LogP contribution in [-0.4, -0.2) is 6.54 Å². The summed E-state index contributed by atoms with van der Waals surface area (Å²) in [6, 6.07) is 0. The van der Waals surface area contributed by atoms with Crippen LogP contribution in [0.3, 0.4) is 0 Å². The number of thiocyanates is 1. The van der Waals surface area contributed by atoms with Gasteiger partial charge in [0.25, 0.3) is 0 Å².